The highest BCUT2D eigenvalue weighted by molar-refractivity contribution is 7.89. The largest absolute Gasteiger partial charge is 0.478 e. The van der Waals surface area contributed by atoms with E-state index in [1.54, 1.807) is 30.5 Å². The molecule has 24 heavy (non-hydrogen) atoms. The van der Waals surface area contributed by atoms with E-state index in [1.165, 1.54) is 16.6 Å². The molecule has 0 spiro atoms. The van der Waals surface area contributed by atoms with E-state index in [1.807, 2.05) is 0 Å². The third-order valence-electron chi connectivity index (χ3n) is 4.13. The molecule has 0 unspecified atom stereocenters. The molecule has 0 atom stereocenters. The number of sulfonamides is 1. The molecule has 3 rings (SSSR count). The number of carboxylic acids is 1. The lowest BCUT2D eigenvalue weighted by Crippen LogP contribution is -2.35. The van der Waals surface area contributed by atoms with Crippen molar-refractivity contribution in [3.63, 3.8) is 0 Å². The van der Waals surface area contributed by atoms with Gasteiger partial charge in [0.15, 0.2) is 0 Å². The van der Waals surface area contributed by atoms with Crippen molar-refractivity contribution in [1.29, 1.82) is 0 Å². The number of carbonyl (C=O) groups is 1. The molecule has 126 valence electrons. The van der Waals surface area contributed by atoms with E-state index in [2.05, 4.69) is 4.98 Å². The predicted molar refractivity (Wildman–Crippen MR) is 89.2 cm³/mol. The molecule has 6 nitrogen and oxygen atoms in total. The molecule has 0 aliphatic carbocycles. The summed E-state index contributed by atoms with van der Waals surface area (Å²) in [6.07, 6.45) is 5.69. The normalized spacial score (nSPS) is 16.0. The lowest BCUT2D eigenvalue weighted by Gasteiger charge is -2.25. The van der Waals surface area contributed by atoms with Crippen LogP contribution in [0.15, 0.2) is 47.6 Å². The Labute approximate surface area is 140 Å². The van der Waals surface area contributed by atoms with Crippen molar-refractivity contribution >= 4 is 16.0 Å². The first kappa shape index (κ1) is 16.6. The Morgan fingerprint density at radius 2 is 1.67 bits per heavy atom. The van der Waals surface area contributed by atoms with E-state index in [0.29, 0.717) is 18.7 Å². The van der Waals surface area contributed by atoms with E-state index >= 15 is 0 Å². The van der Waals surface area contributed by atoms with Crippen molar-refractivity contribution in [3.8, 4) is 11.1 Å². The van der Waals surface area contributed by atoms with Gasteiger partial charge in [-0.25, -0.2) is 13.2 Å². The lowest BCUT2D eigenvalue weighted by molar-refractivity contribution is 0.0696. The molecule has 0 radical (unpaired) electrons. The van der Waals surface area contributed by atoms with Crippen LogP contribution in [0.5, 0.6) is 0 Å². The molecule has 1 saturated heterocycles. The van der Waals surface area contributed by atoms with Crippen LogP contribution in [0.3, 0.4) is 0 Å². The van der Waals surface area contributed by atoms with Crippen LogP contribution in [0.2, 0.25) is 0 Å². The Hall–Kier alpha value is -2.25. The lowest BCUT2D eigenvalue weighted by atomic mass is 10.1. The number of benzene rings is 1. The fourth-order valence-corrected chi connectivity index (χ4v) is 4.31. The van der Waals surface area contributed by atoms with Crippen LogP contribution in [0.4, 0.5) is 0 Å². The van der Waals surface area contributed by atoms with Crippen LogP contribution in [0.1, 0.15) is 29.6 Å². The molecule has 7 heteroatoms. The number of rotatable bonds is 4. The van der Waals surface area contributed by atoms with Crippen molar-refractivity contribution in [1.82, 2.24) is 9.29 Å². The van der Waals surface area contributed by atoms with Gasteiger partial charge in [0, 0.05) is 31.0 Å². The van der Waals surface area contributed by atoms with Crippen molar-refractivity contribution in [2.45, 2.75) is 24.2 Å². The van der Waals surface area contributed by atoms with Crippen LogP contribution in [0, 0.1) is 0 Å². The van der Waals surface area contributed by atoms with E-state index in [9.17, 15) is 13.2 Å². The average Bonchev–Trinajstić information content (AvgIpc) is 2.62. The summed E-state index contributed by atoms with van der Waals surface area (Å²) in [7, 11) is -3.46. The third kappa shape index (κ3) is 3.32. The SMILES string of the molecule is O=C(O)c1cncc(-c2ccc(S(=O)(=O)N3CCCCC3)cc2)c1. The van der Waals surface area contributed by atoms with E-state index in [4.69, 9.17) is 5.11 Å². The summed E-state index contributed by atoms with van der Waals surface area (Å²) in [6, 6.07) is 8.00. The molecule has 1 aromatic carbocycles. The second-order valence-corrected chi connectivity index (χ2v) is 7.69. The zero-order valence-electron chi connectivity index (χ0n) is 13.1. The summed E-state index contributed by atoms with van der Waals surface area (Å²) in [6.45, 7) is 1.13. The van der Waals surface area contributed by atoms with Gasteiger partial charge < -0.3 is 5.11 Å². The summed E-state index contributed by atoms with van der Waals surface area (Å²) in [5, 5.41) is 9.03. The zero-order chi connectivity index (χ0) is 17.2. The molecule has 1 fully saturated rings. The van der Waals surface area contributed by atoms with Gasteiger partial charge in [0.1, 0.15) is 0 Å². The number of hydrogen-bond donors (Lipinski definition) is 1. The van der Waals surface area contributed by atoms with Gasteiger partial charge in [-0.15, -0.1) is 0 Å². The van der Waals surface area contributed by atoms with Gasteiger partial charge in [-0.1, -0.05) is 18.6 Å². The van der Waals surface area contributed by atoms with Crippen molar-refractivity contribution in [3.05, 3.63) is 48.3 Å². The van der Waals surface area contributed by atoms with Gasteiger partial charge in [0.05, 0.1) is 10.5 Å². The third-order valence-corrected chi connectivity index (χ3v) is 6.04. The molecular formula is C17H18N2O4S. The van der Waals surface area contributed by atoms with Gasteiger partial charge in [-0.05, 0) is 36.6 Å². The summed E-state index contributed by atoms with van der Waals surface area (Å²) in [4.78, 5) is 15.2. The number of pyridine rings is 1. The summed E-state index contributed by atoms with van der Waals surface area (Å²) in [5.74, 6) is -1.05. The van der Waals surface area contributed by atoms with Gasteiger partial charge in [0.2, 0.25) is 10.0 Å². The van der Waals surface area contributed by atoms with Gasteiger partial charge >= 0.3 is 5.97 Å². The first-order valence-electron chi connectivity index (χ1n) is 7.77. The summed E-state index contributed by atoms with van der Waals surface area (Å²) in [5.41, 5.74) is 1.46. The number of carboxylic acid groups (broad SMARTS) is 1. The average molecular weight is 346 g/mol. The Morgan fingerprint density at radius 3 is 2.29 bits per heavy atom. The van der Waals surface area contributed by atoms with Gasteiger partial charge in [-0.3, -0.25) is 4.98 Å². The molecular weight excluding hydrogens is 328 g/mol. The number of aromatic carboxylic acids is 1. The smallest absolute Gasteiger partial charge is 0.337 e. The number of hydrogen-bond acceptors (Lipinski definition) is 4. The Kier molecular flexibility index (Phi) is 4.64. The zero-order valence-corrected chi connectivity index (χ0v) is 13.9. The van der Waals surface area contributed by atoms with Crippen LogP contribution in [-0.2, 0) is 10.0 Å². The van der Waals surface area contributed by atoms with Crippen LogP contribution in [-0.4, -0.2) is 41.9 Å². The van der Waals surface area contributed by atoms with Gasteiger partial charge in [-0.2, -0.15) is 4.31 Å². The highest BCUT2D eigenvalue weighted by Gasteiger charge is 2.25. The number of piperidine rings is 1. The maximum absolute atomic E-state index is 12.6. The molecule has 2 heterocycles. The fourth-order valence-electron chi connectivity index (χ4n) is 2.79. The quantitative estimate of drug-likeness (QED) is 0.919. The first-order chi connectivity index (χ1) is 11.5. The maximum atomic E-state index is 12.6. The summed E-state index contributed by atoms with van der Waals surface area (Å²) >= 11 is 0. The van der Waals surface area contributed by atoms with Crippen molar-refractivity contribution < 1.29 is 18.3 Å². The first-order valence-corrected chi connectivity index (χ1v) is 9.21. The fraction of sp³-hybridized carbons (Fsp3) is 0.294. The highest BCUT2D eigenvalue weighted by atomic mass is 32.2. The van der Waals surface area contributed by atoms with Crippen molar-refractivity contribution in [2.75, 3.05) is 13.1 Å². The molecule has 0 bridgehead atoms. The highest BCUT2D eigenvalue weighted by Crippen LogP contribution is 2.24. The monoisotopic (exact) mass is 346 g/mol. The second kappa shape index (κ2) is 6.70. The molecule has 1 aliphatic heterocycles. The number of nitrogens with zero attached hydrogens (tertiary/aromatic N) is 2. The predicted octanol–water partition coefficient (Wildman–Crippen LogP) is 2.62. The van der Waals surface area contributed by atoms with Crippen molar-refractivity contribution in [2.24, 2.45) is 0 Å². The Balaban J connectivity index is 1.88. The topological polar surface area (TPSA) is 87.6 Å². The Bertz CT molecular complexity index is 841. The molecule has 1 N–H and O–H groups in total. The van der Waals surface area contributed by atoms with E-state index in [0.717, 1.165) is 24.8 Å². The molecule has 0 saturated carbocycles. The standard InChI is InChI=1S/C17H18N2O4S/c20-17(21)15-10-14(11-18-12-15)13-4-6-16(7-5-13)24(22,23)19-8-2-1-3-9-19/h4-7,10-12H,1-3,8-9H2,(H,20,21). The van der Waals surface area contributed by atoms with E-state index < -0.39 is 16.0 Å². The van der Waals surface area contributed by atoms with Crippen LogP contribution in [0.25, 0.3) is 11.1 Å². The molecule has 2 aromatic rings. The summed E-state index contributed by atoms with van der Waals surface area (Å²) < 4.78 is 26.8. The minimum absolute atomic E-state index is 0.0949. The van der Waals surface area contributed by atoms with Gasteiger partial charge in [0.25, 0.3) is 0 Å². The van der Waals surface area contributed by atoms with Crippen LogP contribution >= 0.6 is 0 Å². The van der Waals surface area contributed by atoms with Crippen LogP contribution < -0.4 is 0 Å². The number of aromatic nitrogens is 1. The molecule has 0 amide bonds. The maximum Gasteiger partial charge on any atom is 0.337 e. The van der Waals surface area contributed by atoms with E-state index in [-0.39, 0.29) is 10.5 Å². The Morgan fingerprint density at radius 1 is 1.00 bits per heavy atom. The molecule has 1 aliphatic rings. The molecule has 1 aromatic heterocycles. The minimum atomic E-state index is -3.46. The second-order valence-electron chi connectivity index (χ2n) is 5.76. The minimum Gasteiger partial charge on any atom is -0.478 e.